The Morgan fingerprint density at radius 1 is 1.37 bits per heavy atom. The maximum atomic E-state index is 11.8. The highest BCUT2D eigenvalue weighted by molar-refractivity contribution is 5.44. The summed E-state index contributed by atoms with van der Waals surface area (Å²) >= 11 is 0. The van der Waals surface area contributed by atoms with Crippen molar-refractivity contribution in [2.75, 3.05) is 7.11 Å². The van der Waals surface area contributed by atoms with Gasteiger partial charge in [-0.15, -0.1) is 0 Å². The lowest BCUT2D eigenvalue weighted by molar-refractivity contribution is 0.370. The molecule has 2 rings (SSSR count). The van der Waals surface area contributed by atoms with Gasteiger partial charge >= 0.3 is 5.56 Å². The normalized spacial score (nSPS) is 10.3. The molecule has 1 aromatic carbocycles. The molecule has 19 heavy (non-hydrogen) atoms. The van der Waals surface area contributed by atoms with E-state index in [-0.39, 0.29) is 11.4 Å². The molecule has 6 nitrogen and oxygen atoms in total. The molecule has 2 aromatic rings. The Labute approximate surface area is 110 Å². The minimum Gasteiger partial charge on any atom is -0.493 e. The molecule has 1 heterocycles. The first kappa shape index (κ1) is 13.1. The maximum absolute atomic E-state index is 11.8. The second-order valence-corrected chi connectivity index (χ2v) is 3.94. The van der Waals surface area contributed by atoms with E-state index in [0.29, 0.717) is 18.0 Å². The molecule has 0 bridgehead atoms. The van der Waals surface area contributed by atoms with E-state index < -0.39 is 0 Å². The highest BCUT2D eigenvalue weighted by Gasteiger charge is 2.10. The lowest BCUT2D eigenvalue weighted by Gasteiger charge is -2.10. The van der Waals surface area contributed by atoms with E-state index in [9.17, 15) is 4.79 Å². The predicted octanol–water partition coefficient (Wildman–Crippen LogP) is 1.04. The Bertz CT molecular complexity index is 637. The molecular weight excluding hydrogens is 246 g/mol. The largest absolute Gasteiger partial charge is 0.493 e. The van der Waals surface area contributed by atoms with Crippen LogP contribution in [0.5, 0.6) is 17.4 Å². The van der Waals surface area contributed by atoms with E-state index in [2.05, 4.69) is 4.98 Å². The first-order chi connectivity index (χ1) is 9.15. The molecule has 0 saturated heterocycles. The Kier molecular flexibility index (Phi) is 3.82. The molecule has 0 spiro atoms. The highest BCUT2D eigenvalue weighted by atomic mass is 16.5. The number of benzene rings is 1. The van der Waals surface area contributed by atoms with Gasteiger partial charge in [0.15, 0.2) is 11.5 Å². The summed E-state index contributed by atoms with van der Waals surface area (Å²) < 4.78 is 12.1. The second-order valence-electron chi connectivity index (χ2n) is 3.94. The molecule has 6 heteroatoms. The number of aryl methyl sites for hydroxylation is 1. The zero-order valence-corrected chi connectivity index (χ0v) is 10.8. The average Bonchev–Trinajstić information content (AvgIpc) is 2.44. The third-order valence-electron chi connectivity index (χ3n) is 2.66. The maximum Gasteiger partial charge on any atom is 0.313 e. The summed E-state index contributed by atoms with van der Waals surface area (Å²) in [6.45, 7) is 0.405. The highest BCUT2D eigenvalue weighted by Crippen LogP contribution is 2.30. The average molecular weight is 261 g/mol. The van der Waals surface area contributed by atoms with Crippen LogP contribution in [0.4, 0.5) is 0 Å². The minimum absolute atomic E-state index is 0.00352. The molecule has 0 aliphatic rings. The van der Waals surface area contributed by atoms with E-state index in [1.54, 1.807) is 25.4 Å². The fraction of sp³-hybridized carbons (Fsp3) is 0.231. The minimum atomic E-state index is -0.313. The zero-order chi connectivity index (χ0) is 13.8. The molecule has 0 aliphatic carbocycles. The predicted molar refractivity (Wildman–Crippen MR) is 70.4 cm³/mol. The number of nitrogens with zero attached hydrogens (tertiary/aromatic N) is 2. The van der Waals surface area contributed by atoms with Crippen LogP contribution in [0.3, 0.4) is 0 Å². The molecule has 0 radical (unpaired) electrons. The van der Waals surface area contributed by atoms with Crippen molar-refractivity contribution in [3.05, 3.63) is 46.5 Å². The number of rotatable bonds is 4. The van der Waals surface area contributed by atoms with Crippen LogP contribution in [0.2, 0.25) is 0 Å². The fourth-order valence-corrected chi connectivity index (χ4v) is 1.57. The molecule has 2 N–H and O–H groups in total. The topological polar surface area (TPSA) is 79.4 Å². The molecule has 1 aromatic heterocycles. The third-order valence-corrected chi connectivity index (χ3v) is 2.66. The van der Waals surface area contributed by atoms with E-state index >= 15 is 0 Å². The van der Waals surface area contributed by atoms with Crippen LogP contribution in [0.15, 0.2) is 35.4 Å². The molecular formula is C13H15N3O3. The molecule has 0 aliphatic heterocycles. The number of hydrogen-bond donors (Lipinski definition) is 1. The first-order valence-corrected chi connectivity index (χ1v) is 5.72. The van der Waals surface area contributed by atoms with Gasteiger partial charge in [0, 0.05) is 26.0 Å². The van der Waals surface area contributed by atoms with E-state index in [4.69, 9.17) is 15.2 Å². The quantitative estimate of drug-likeness (QED) is 0.889. The van der Waals surface area contributed by atoms with Gasteiger partial charge < -0.3 is 19.8 Å². The summed E-state index contributed by atoms with van der Waals surface area (Å²) in [6, 6.07) is 5.28. The molecule has 0 unspecified atom stereocenters. The third kappa shape index (κ3) is 2.74. The summed E-state index contributed by atoms with van der Waals surface area (Å²) in [4.78, 5) is 15.7. The number of methoxy groups -OCH3 is 1. The zero-order valence-electron chi connectivity index (χ0n) is 10.8. The van der Waals surface area contributed by atoms with Crippen molar-refractivity contribution in [1.29, 1.82) is 0 Å². The number of ether oxygens (including phenoxy) is 2. The van der Waals surface area contributed by atoms with Crippen molar-refractivity contribution in [1.82, 2.24) is 9.55 Å². The van der Waals surface area contributed by atoms with Crippen LogP contribution in [0.25, 0.3) is 0 Å². The van der Waals surface area contributed by atoms with Crippen LogP contribution in [0.1, 0.15) is 5.56 Å². The Morgan fingerprint density at radius 3 is 2.84 bits per heavy atom. The van der Waals surface area contributed by atoms with Gasteiger partial charge in [-0.2, -0.15) is 0 Å². The Hall–Kier alpha value is -2.34. The van der Waals surface area contributed by atoms with E-state index in [1.165, 1.54) is 17.9 Å². The summed E-state index contributed by atoms with van der Waals surface area (Å²) in [5.41, 5.74) is 6.16. The van der Waals surface area contributed by atoms with Crippen LogP contribution in [0, 0.1) is 0 Å². The standard InChI is InChI=1S/C13H15N3O3/c1-16-6-5-15-12(13(16)17)19-10-4-3-9(8-14)7-11(10)18-2/h3-7H,8,14H2,1-2H3. The van der Waals surface area contributed by atoms with Gasteiger partial charge in [-0.25, -0.2) is 4.98 Å². The van der Waals surface area contributed by atoms with Crippen molar-refractivity contribution >= 4 is 0 Å². The molecule has 0 saturated carbocycles. The lowest BCUT2D eigenvalue weighted by Crippen LogP contribution is -2.18. The smallest absolute Gasteiger partial charge is 0.313 e. The first-order valence-electron chi connectivity index (χ1n) is 5.72. The van der Waals surface area contributed by atoms with E-state index in [0.717, 1.165) is 5.56 Å². The summed E-state index contributed by atoms with van der Waals surface area (Å²) in [6.07, 6.45) is 3.06. The summed E-state index contributed by atoms with van der Waals surface area (Å²) in [5, 5.41) is 0. The van der Waals surface area contributed by atoms with Crippen LogP contribution in [-0.4, -0.2) is 16.7 Å². The number of nitrogens with two attached hydrogens (primary N) is 1. The molecule has 0 fully saturated rings. The molecule has 100 valence electrons. The van der Waals surface area contributed by atoms with Crippen LogP contribution < -0.4 is 20.8 Å². The van der Waals surface area contributed by atoms with Gasteiger partial charge in [0.2, 0.25) is 0 Å². The Morgan fingerprint density at radius 2 is 2.16 bits per heavy atom. The van der Waals surface area contributed by atoms with Gasteiger partial charge in [-0.1, -0.05) is 6.07 Å². The van der Waals surface area contributed by atoms with Crippen LogP contribution in [-0.2, 0) is 13.6 Å². The Balaban J connectivity index is 2.38. The van der Waals surface area contributed by atoms with Gasteiger partial charge in [0.1, 0.15) is 0 Å². The van der Waals surface area contributed by atoms with Crippen molar-refractivity contribution in [3.8, 4) is 17.4 Å². The lowest BCUT2D eigenvalue weighted by atomic mass is 10.2. The second kappa shape index (κ2) is 5.53. The fourth-order valence-electron chi connectivity index (χ4n) is 1.57. The number of aromatic nitrogens is 2. The van der Waals surface area contributed by atoms with E-state index in [1.807, 2.05) is 6.07 Å². The van der Waals surface area contributed by atoms with Crippen molar-refractivity contribution in [3.63, 3.8) is 0 Å². The van der Waals surface area contributed by atoms with Gasteiger partial charge in [-0.05, 0) is 17.7 Å². The van der Waals surface area contributed by atoms with Crippen molar-refractivity contribution < 1.29 is 9.47 Å². The van der Waals surface area contributed by atoms with Crippen LogP contribution >= 0.6 is 0 Å². The van der Waals surface area contributed by atoms with Gasteiger partial charge in [0.05, 0.1) is 7.11 Å². The van der Waals surface area contributed by atoms with Gasteiger partial charge in [0.25, 0.3) is 5.88 Å². The monoisotopic (exact) mass is 261 g/mol. The van der Waals surface area contributed by atoms with Crippen molar-refractivity contribution in [2.24, 2.45) is 12.8 Å². The molecule has 0 amide bonds. The summed E-state index contributed by atoms with van der Waals surface area (Å²) in [7, 11) is 3.16. The number of hydrogen-bond acceptors (Lipinski definition) is 5. The summed E-state index contributed by atoms with van der Waals surface area (Å²) in [5.74, 6) is 0.940. The van der Waals surface area contributed by atoms with Gasteiger partial charge in [-0.3, -0.25) is 4.79 Å². The SMILES string of the molecule is COc1cc(CN)ccc1Oc1nccn(C)c1=O. The van der Waals surface area contributed by atoms with Crippen molar-refractivity contribution in [2.45, 2.75) is 6.54 Å². The molecule has 0 atom stereocenters.